The molecule has 1 atom stereocenters. The number of urea groups is 1. The van der Waals surface area contributed by atoms with Crippen LogP contribution in [-0.4, -0.2) is 49.2 Å². The van der Waals surface area contributed by atoms with Crippen LogP contribution in [0.15, 0.2) is 48.7 Å². The fraction of sp³-hybridized carbons (Fsp3) is 0.400. The molecule has 1 aliphatic rings. The molecule has 2 amide bonds. The number of anilines is 1. The molecule has 0 radical (unpaired) electrons. The van der Waals surface area contributed by atoms with E-state index in [1.54, 1.807) is 13.3 Å². The van der Waals surface area contributed by atoms with Crippen LogP contribution in [-0.2, 0) is 0 Å². The summed E-state index contributed by atoms with van der Waals surface area (Å²) in [6.45, 7) is 5.17. The Morgan fingerprint density at radius 2 is 1.92 bits per heavy atom. The third kappa shape index (κ3) is 4.45. The Morgan fingerprint density at radius 1 is 1.12 bits per heavy atom. The molecule has 0 spiro atoms. The summed E-state index contributed by atoms with van der Waals surface area (Å²) in [6.07, 6.45) is 2.69. The fourth-order valence-electron chi connectivity index (χ4n) is 3.15. The van der Waals surface area contributed by atoms with Crippen LogP contribution in [0.4, 0.5) is 10.5 Å². The maximum absolute atomic E-state index is 12.6. The number of carbonyl (C=O) groups is 1. The standard InChI is InChI=1S/C20H26N4O2/c1-16(19-6-3-4-11-21-19)22-20(25)24-13-5-12-23(14-15-24)17-7-9-18(26-2)10-8-17/h3-4,6-11,16H,5,12-15H2,1-2H3,(H,22,25)/t16-/m0/s1. The Kier molecular flexibility index (Phi) is 5.94. The molecule has 1 fully saturated rings. The average molecular weight is 354 g/mol. The van der Waals surface area contributed by atoms with Crippen molar-refractivity contribution >= 4 is 11.7 Å². The first-order chi connectivity index (χ1) is 12.7. The molecule has 0 bridgehead atoms. The van der Waals surface area contributed by atoms with Gasteiger partial charge in [0.2, 0.25) is 0 Å². The Bertz CT molecular complexity index is 706. The van der Waals surface area contributed by atoms with Crippen LogP contribution >= 0.6 is 0 Å². The molecule has 138 valence electrons. The first-order valence-electron chi connectivity index (χ1n) is 9.03. The van der Waals surface area contributed by atoms with E-state index in [-0.39, 0.29) is 12.1 Å². The highest BCUT2D eigenvalue weighted by atomic mass is 16.5. The van der Waals surface area contributed by atoms with E-state index in [9.17, 15) is 4.79 Å². The molecular weight excluding hydrogens is 328 g/mol. The van der Waals surface area contributed by atoms with Crippen molar-refractivity contribution < 1.29 is 9.53 Å². The van der Waals surface area contributed by atoms with E-state index in [0.29, 0.717) is 6.54 Å². The largest absolute Gasteiger partial charge is 0.497 e. The zero-order chi connectivity index (χ0) is 18.4. The number of methoxy groups -OCH3 is 1. The predicted octanol–water partition coefficient (Wildman–Crippen LogP) is 3.07. The van der Waals surface area contributed by atoms with E-state index in [4.69, 9.17) is 4.74 Å². The highest BCUT2D eigenvalue weighted by Gasteiger charge is 2.21. The second kappa shape index (κ2) is 8.56. The third-order valence-corrected chi connectivity index (χ3v) is 4.69. The van der Waals surface area contributed by atoms with Gasteiger partial charge in [0, 0.05) is 38.1 Å². The number of amides is 2. The van der Waals surface area contributed by atoms with Crippen LogP contribution in [0.2, 0.25) is 0 Å². The van der Waals surface area contributed by atoms with Gasteiger partial charge in [-0.2, -0.15) is 0 Å². The number of benzene rings is 1. The normalized spacial score (nSPS) is 15.9. The van der Waals surface area contributed by atoms with Crippen molar-refractivity contribution in [1.29, 1.82) is 0 Å². The quantitative estimate of drug-likeness (QED) is 0.917. The monoisotopic (exact) mass is 354 g/mol. The van der Waals surface area contributed by atoms with Gasteiger partial charge in [-0.15, -0.1) is 0 Å². The first-order valence-corrected chi connectivity index (χ1v) is 9.03. The van der Waals surface area contributed by atoms with E-state index in [1.165, 1.54) is 0 Å². The van der Waals surface area contributed by atoms with Gasteiger partial charge < -0.3 is 19.9 Å². The van der Waals surface area contributed by atoms with Crippen molar-refractivity contribution in [2.45, 2.75) is 19.4 Å². The second-order valence-corrected chi connectivity index (χ2v) is 6.45. The van der Waals surface area contributed by atoms with Crippen molar-refractivity contribution in [1.82, 2.24) is 15.2 Å². The molecule has 2 heterocycles. The summed E-state index contributed by atoms with van der Waals surface area (Å²) in [6, 6.07) is 13.7. The molecule has 0 unspecified atom stereocenters. The number of pyridine rings is 1. The minimum Gasteiger partial charge on any atom is -0.497 e. The molecule has 0 aliphatic carbocycles. The molecule has 1 aromatic heterocycles. The lowest BCUT2D eigenvalue weighted by atomic mass is 10.2. The molecule has 0 saturated carbocycles. The van der Waals surface area contributed by atoms with Crippen molar-refractivity contribution in [3.63, 3.8) is 0 Å². The van der Waals surface area contributed by atoms with Gasteiger partial charge >= 0.3 is 6.03 Å². The van der Waals surface area contributed by atoms with Gasteiger partial charge in [0.25, 0.3) is 0 Å². The zero-order valence-electron chi connectivity index (χ0n) is 15.4. The average Bonchev–Trinajstić information content (AvgIpc) is 2.95. The number of rotatable bonds is 4. The lowest BCUT2D eigenvalue weighted by molar-refractivity contribution is 0.198. The van der Waals surface area contributed by atoms with E-state index >= 15 is 0 Å². The SMILES string of the molecule is COc1ccc(N2CCCN(C(=O)N[C@@H](C)c3ccccn3)CC2)cc1. The summed E-state index contributed by atoms with van der Waals surface area (Å²) < 4.78 is 5.22. The van der Waals surface area contributed by atoms with Gasteiger partial charge in [-0.3, -0.25) is 4.98 Å². The summed E-state index contributed by atoms with van der Waals surface area (Å²) >= 11 is 0. The van der Waals surface area contributed by atoms with Crippen LogP contribution in [0.1, 0.15) is 25.1 Å². The lowest BCUT2D eigenvalue weighted by Gasteiger charge is -2.25. The highest BCUT2D eigenvalue weighted by molar-refractivity contribution is 5.74. The Balaban J connectivity index is 1.56. The van der Waals surface area contributed by atoms with Crippen LogP contribution in [0.3, 0.4) is 0 Å². The minimum atomic E-state index is -0.107. The van der Waals surface area contributed by atoms with E-state index in [0.717, 1.165) is 43.2 Å². The lowest BCUT2D eigenvalue weighted by Crippen LogP contribution is -2.43. The Labute approximate surface area is 154 Å². The van der Waals surface area contributed by atoms with Crippen molar-refractivity contribution in [3.8, 4) is 5.75 Å². The van der Waals surface area contributed by atoms with Crippen molar-refractivity contribution in [2.75, 3.05) is 38.2 Å². The molecule has 1 N–H and O–H groups in total. The molecule has 1 saturated heterocycles. The molecule has 2 aromatic rings. The Morgan fingerprint density at radius 3 is 2.62 bits per heavy atom. The summed E-state index contributed by atoms with van der Waals surface area (Å²) in [5, 5.41) is 3.05. The second-order valence-electron chi connectivity index (χ2n) is 6.45. The molecule has 1 aliphatic heterocycles. The maximum atomic E-state index is 12.6. The Hall–Kier alpha value is -2.76. The van der Waals surface area contributed by atoms with Crippen LogP contribution in [0, 0.1) is 0 Å². The van der Waals surface area contributed by atoms with Crippen LogP contribution in [0.5, 0.6) is 5.75 Å². The van der Waals surface area contributed by atoms with E-state index < -0.39 is 0 Å². The van der Waals surface area contributed by atoms with Crippen LogP contribution < -0.4 is 15.0 Å². The van der Waals surface area contributed by atoms with Gasteiger partial charge in [-0.25, -0.2) is 4.79 Å². The smallest absolute Gasteiger partial charge is 0.317 e. The zero-order valence-corrected chi connectivity index (χ0v) is 15.4. The molecule has 1 aromatic carbocycles. The fourth-order valence-corrected chi connectivity index (χ4v) is 3.15. The topological polar surface area (TPSA) is 57.7 Å². The van der Waals surface area contributed by atoms with Crippen molar-refractivity contribution in [2.24, 2.45) is 0 Å². The number of carbonyl (C=O) groups excluding carboxylic acids is 1. The van der Waals surface area contributed by atoms with E-state index in [2.05, 4.69) is 27.3 Å². The first kappa shape index (κ1) is 18.0. The summed E-state index contributed by atoms with van der Waals surface area (Å²) in [7, 11) is 1.67. The molecular formula is C20H26N4O2. The number of hydrogen-bond donors (Lipinski definition) is 1. The molecule has 6 heteroatoms. The number of ether oxygens (including phenoxy) is 1. The number of aromatic nitrogens is 1. The predicted molar refractivity (Wildman–Crippen MR) is 103 cm³/mol. The highest BCUT2D eigenvalue weighted by Crippen LogP contribution is 2.20. The minimum absolute atomic E-state index is 0.0280. The van der Waals surface area contributed by atoms with Gasteiger partial charge in [-0.05, 0) is 49.7 Å². The third-order valence-electron chi connectivity index (χ3n) is 4.69. The number of nitrogens with one attached hydrogen (secondary N) is 1. The van der Waals surface area contributed by atoms with Crippen molar-refractivity contribution in [3.05, 3.63) is 54.4 Å². The van der Waals surface area contributed by atoms with Gasteiger partial charge in [0.1, 0.15) is 5.75 Å². The molecule has 26 heavy (non-hydrogen) atoms. The number of hydrogen-bond acceptors (Lipinski definition) is 4. The summed E-state index contributed by atoms with van der Waals surface area (Å²) in [4.78, 5) is 21.1. The van der Waals surface area contributed by atoms with Gasteiger partial charge in [0.15, 0.2) is 0 Å². The van der Waals surface area contributed by atoms with Crippen LogP contribution in [0.25, 0.3) is 0 Å². The van der Waals surface area contributed by atoms with E-state index in [1.807, 2.05) is 42.2 Å². The maximum Gasteiger partial charge on any atom is 0.317 e. The molecule has 6 nitrogen and oxygen atoms in total. The summed E-state index contributed by atoms with van der Waals surface area (Å²) in [5.74, 6) is 0.855. The molecule has 3 rings (SSSR count). The summed E-state index contributed by atoms with van der Waals surface area (Å²) in [5.41, 5.74) is 2.03. The van der Waals surface area contributed by atoms with Gasteiger partial charge in [0.05, 0.1) is 18.8 Å². The number of nitrogens with zero attached hydrogens (tertiary/aromatic N) is 3. The van der Waals surface area contributed by atoms with Gasteiger partial charge in [-0.1, -0.05) is 6.07 Å².